The lowest BCUT2D eigenvalue weighted by molar-refractivity contribution is -0.384. The number of ketones is 1. The molecule has 1 heterocycles. The Morgan fingerprint density at radius 2 is 1.82 bits per heavy atom. The van der Waals surface area contributed by atoms with E-state index in [1.807, 2.05) is 0 Å². The van der Waals surface area contributed by atoms with Gasteiger partial charge < -0.3 is 0 Å². The Kier molecular flexibility index (Phi) is 4.73. The molecule has 0 bridgehead atoms. The Labute approximate surface area is 166 Å². The van der Waals surface area contributed by atoms with Crippen LogP contribution in [0, 0.1) is 10.1 Å². The molecule has 1 atom stereocenters. The Hall–Kier alpha value is -2.99. The first-order chi connectivity index (χ1) is 13.5. The fraction of sp³-hybridized carbons (Fsp3) is 0.238. The highest BCUT2D eigenvalue weighted by Crippen LogP contribution is 2.43. The smallest absolute Gasteiger partial charge is 0.269 e. The van der Waals surface area contributed by atoms with Gasteiger partial charge in [-0.15, -0.1) is 0 Å². The minimum absolute atomic E-state index is 0.0180. The van der Waals surface area contributed by atoms with Crippen molar-refractivity contribution in [2.45, 2.75) is 31.6 Å². The van der Waals surface area contributed by atoms with E-state index in [9.17, 15) is 19.7 Å². The molecule has 0 spiro atoms. The second kappa shape index (κ2) is 7.20. The van der Waals surface area contributed by atoms with Gasteiger partial charge in [0.25, 0.3) is 5.69 Å². The van der Waals surface area contributed by atoms with E-state index in [2.05, 4.69) is 0 Å². The number of Topliss-reactive ketones (excluding diaryl/α,β-unsaturated/α-hetero) is 1. The Morgan fingerprint density at radius 3 is 2.50 bits per heavy atom. The molecule has 0 fully saturated rings. The van der Waals surface area contributed by atoms with Crippen LogP contribution in [-0.2, 0) is 9.59 Å². The number of hydrogen-bond acceptors (Lipinski definition) is 4. The van der Waals surface area contributed by atoms with Gasteiger partial charge in [0.1, 0.15) is 0 Å². The third-order valence-electron chi connectivity index (χ3n) is 5.25. The standard InChI is InChI=1S/C21H17ClN2O4/c22-14-3-1-4-16(11-14)23-18-5-2-6-19(25)21(18)17(12-20(23)26)13-7-9-15(10-8-13)24(27)28/h1,3-4,7-11,17H,2,5-6,12H2. The summed E-state index contributed by atoms with van der Waals surface area (Å²) in [6.45, 7) is 0. The zero-order valence-corrected chi connectivity index (χ0v) is 15.7. The number of carbonyl (C=O) groups is 2. The van der Waals surface area contributed by atoms with E-state index in [1.54, 1.807) is 41.3 Å². The highest BCUT2D eigenvalue weighted by Gasteiger charge is 2.39. The van der Waals surface area contributed by atoms with Crippen LogP contribution in [0.3, 0.4) is 0 Å². The third kappa shape index (κ3) is 3.20. The van der Waals surface area contributed by atoms with Crippen LogP contribution in [0.1, 0.15) is 37.2 Å². The van der Waals surface area contributed by atoms with E-state index in [4.69, 9.17) is 11.6 Å². The molecule has 28 heavy (non-hydrogen) atoms. The van der Waals surface area contributed by atoms with Gasteiger partial charge in [-0.2, -0.15) is 0 Å². The normalized spacial score (nSPS) is 19.6. The quantitative estimate of drug-likeness (QED) is 0.552. The van der Waals surface area contributed by atoms with Crippen molar-refractivity contribution in [2.24, 2.45) is 0 Å². The lowest BCUT2D eigenvalue weighted by Crippen LogP contribution is -2.40. The molecular weight excluding hydrogens is 380 g/mol. The minimum atomic E-state index is -0.465. The van der Waals surface area contributed by atoms with Gasteiger partial charge >= 0.3 is 0 Å². The number of nitro benzene ring substituents is 1. The van der Waals surface area contributed by atoms with E-state index >= 15 is 0 Å². The average Bonchev–Trinajstić information content (AvgIpc) is 2.67. The minimum Gasteiger partial charge on any atom is -0.294 e. The van der Waals surface area contributed by atoms with Gasteiger partial charge in [0, 0.05) is 47.2 Å². The number of carbonyl (C=O) groups excluding carboxylic acids is 2. The number of amides is 1. The van der Waals surface area contributed by atoms with Crippen molar-refractivity contribution in [2.75, 3.05) is 4.90 Å². The van der Waals surface area contributed by atoms with Crippen LogP contribution < -0.4 is 4.90 Å². The van der Waals surface area contributed by atoms with E-state index in [-0.39, 0.29) is 29.7 Å². The number of non-ortho nitro benzene ring substituents is 1. The molecule has 1 aliphatic carbocycles. The highest BCUT2D eigenvalue weighted by atomic mass is 35.5. The van der Waals surface area contributed by atoms with E-state index < -0.39 is 4.92 Å². The van der Waals surface area contributed by atoms with Gasteiger partial charge in [-0.1, -0.05) is 29.8 Å². The summed E-state index contributed by atoms with van der Waals surface area (Å²) >= 11 is 6.10. The van der Waals surface area contributed by atoms with Crippen molar-refractivity contribution in [3.63, 3.8) is 0 Å². The maximum absolute atomic E-state index is 13.1. The molecule has 1 unspecified atom stereocenters. The second-order valence-electron chi connectivity index (χ2n) is 6.95. The maximum atomic E-state index is 13.1. The molecule has 0 N–H and O–H groups in total. The van der Waals surface area contributed by atoms with E-state index in [0.717, 1.165) is 11.3 Å². The van der Waals surface area contributed by atoms with Crippen molar-refractivity contribution >= 4 is 34.7 Å². The first-order valence-electron chi connectivity index (χ1n) is 9.05. The summed E-state index contributed by atoms with van der Waals surface area (Å²) in [4.78, 5) is 37.9. The summed E-state index contributed by atoms with van der Waals surface area (Å²) in [5.41, 5.74) is 2.74. The SMILES string of the molecule is O=C1CCCC2=C1C(c1ccc([N+](=O)[O-])cc1)CC(=O)N2c1cccc(Cl)c1. The molecule has 2 aliphatic rings. The molecule has 7 heteroatoms. The number of nitrogens with zero attached hydrogens (tertiary/aromatic N) is 2. The fourth-order valence-corrected chi connectivity index (χ4v) is 4.21. The maximum Gasteiger partial charge on any atom is 0.269 e. The van der Waals surface area contributed by atoms with Crippen LogP contribution >= 0.6 is 11.6 Å². The second-order valence-corrected chi connectivity index (χ2v) is 7.39. The zero-order chi connectivity index (χ0) is 19.8. The van der Waals surface area contributed by atoms with Crippen LogP contribution in [0.25, 0.3) is 0 Å². The van der Waals surface area contributed by atoms with Crippen molar-refractivity contribution in [1.29, 1.82) is 0 Å². The van der Waals surface area contributed by atoms with Crippen LogP contribution in [0.5, 0.6) is 0 Å². The predicted octanol–water partition coefficient (Wildman–Crippen LogP) is 4.78. The highest BCUT2D eigenvalue weighted by molar-refractivity contribution is 6.31. The number of nitro groups is 1. The molecule has 0 radical (unpaired) electrons. The molecule has 6 nitrogen and oxygen atoms in total. The molecule has 2 aromatic rings. The first-order valence-corrected chi connectivity index (χ1v) is 9.42. The van der Waals surface area contributed by atoms with Crippen molar-refractivity contribution in [3.8, 4) is 0 Å². The molecule has 4 rings (SSSR count). The summed E-state index contributed by atoms with van der Waals surface area (Å²) in [5.74, 6) is -0.463. The monoisotopic (exact) mass is 396 g/mol. The summed E-state index contributed by atoms with van der Waals surface area (Å²) in [7, 11) is 0. The summed E-state index contributed by atoms with van der Waals surface area (Å²) < 4.78 is 0. The number of halogens is 1. The van der Waals surface area contributed by atoms with Gasteiger partial charge in [0.15, 0.2) is 5.78 Å². The molecule has 2 aromatic carbocycles. The summed E-state index contributed by atoms with van der Waals surface area (Å²) in [5, 5.41) is 11.4. The predicted molar refractivity (Wildman–Crippen MR) is 105 cm³/mol. The molecule has 0 aromatic heterocycles. The lowest BCUT2D eigenvalue weighted by Gasteiger charge is -2.38. The van der Waals surface area contributed by atoms with E-state index in [1.165, 1.54) is 12.1 Å². The van der Waals surface area contributed by atoms with Crippen LogP contribution in [0.4, 0.5) is 11.4 Å². The average molecular weight is 397 g/mol. The van der Waals surface area contributed by atoms with Gasteiger partial charge in [0.2, 0.25) is 5.91 Å². The van der Waals surface area contributed by atoms with Crippen LogP contribution in [0.2, 0.25) is 5.02 Å². The first kappa shape index (κ1) is 18.4. The van der Waals surface area contributed by atoms with Crippen molar-refractivity contribution in [3.05, 3.63) is 80.5 Å². The summed E-state index contributed by atoms with van der Waals surface area (Å²) in [6, 6.07) is 13.1. The molecule has 1 amide bonds. The molecular formula is C21H17ClN2O4. The molecule has 142 valence electrons. The van der Waals surface area contributed by atoms with Gasteiger partial charge in [0.05, 0.1) is 10.6 Å². The fourth-order valence-electron chi connectivity index (χ4n) is 4.02. The molecule has 1 aliphatic heterocycles. The van der Waals surface area contributed by atoms with Crippen LogP contribution in [-0.4, -0.2) is 16.6 Å². The third-order valence-corrected chi connectivity index (χ3v) is 5.48. The van der Waals surface area contributed by atoms with E-state index in [0.29, 0.717) is 35.5 Å². The number of anilines is 1. The number of allylic oxidation sites excluding steroid dienone is 2. The van der Waals surface area contributed by atoms with Gasteiger partial charge in [-0.25, -0.2) is 0 Å². The largest absolute Gasteiger partial charge is 0.294 e. The summed E-state index contributed by atoms with van der Waals surface area (Å²) in [6.07, 6.45) is 1.90. The topological polar surface area (TPSA) is 80.5 Å². The zero-order valence-electron chi connectivity index (χ0n) is 14.9. The Balaban J connectivity index is 1.82. The van der Waals surface area contributed by atoms with Crippen molar-refractivity contribution in [1.82, 2.24) is 0 Å². The number of hydrogen-bond donors (Lipinski definition) is 0. The number of benzene rings is 2. The van der Waals surface area contributed by atoms with Gasteiger partial charge in [-0.05, 0) is 36.6 Å². The molecule has 0 saturated carbocycles. The number of rotatable bonds is 3. The van der Waals surface area contributed by atoms with Gasteiger partial charge in [-0.3, -0.25) is 24.6 Å². The Bertz CT molecular complexity index is 1010. The van der Waals surface area contributed by atoms with Crippen molar-refractivity contribution < 1.29 is 14.5 Å². The Morgan fingerprint density at radius 1 is 1.07 bits per heavy atom. The lowest BCUT2D eigenvalue weighted by atomic mass is 9.77. The van der Waals surface area contributed by atoms with Crippen LogP contribution in [0.15, 0.2) is 59.8 Å². The molecule has 0 saturated heterocycles.